The number of hydrogen-bond donors (Lipinski definition) is 1. The van der Waals surface area contributed by atoms with Gasteiger partial charge in [-0.3, -0.25) is 0 Å². The second kappa shape index (κ2) is 5.25. The Morgan fingerprint density at radius 1 is 1.53 bits per heavy atom. The Hall–Kier alpha value is -0.160. The van der Waals surface area contributed by atoms with Crippen molar-refractivity contribution in [1.29, 1.82) is 0 Å². The molecule has 0 radical (unpaired) electrons. The summed E-state index contributed by atoms with van der Waals surface area (Å²) >= 11 is 6.16. The van der Waals surface area contributed by atoms with Crippen LogP contribution in [0.5, 0.6) is 0 Å². The molecular formula is C10H19N3S2. The van der Waals surface area contributed by atoms with Crippen LogP contribution in [-0.2, 0) is 7.05 Å². The minimum absolute atomic E-state index is 0.299. The molecule has 1 aromatic rings. The highest BCUT2D eigenvalue weighted by Gasteiger charge is 2.23. The van der Waals surface area contributed by atoms with Crippen molar-refractivity contribution < 1.29 is 0 Å². The van der Waals surface area contributed by atoms with Crippen LogP contribution in [0.2, 0.25) is 0 Å². The second-order valence-electron chi connectivity index (χ2n) is 4.72. The molecule has 0 aliphatic carbocycles. The lowest BCUT2D eigenvalue weighted by molar-refractivity contribution is 0.294. The first kappa shape index (κ1) is 12.9. The summed E-state index contributed by atoms with van der Waals surface area (Å²) in [5, 5.41) is 5.03. The summed E-state index contributed by atoms with van der Waals surface area (Å²) in [4.78, 5) is 4.19. The van der Waals surface area contributed by atoms with Crippen LogP contribution in [0.4, 0.5) is 0 Å². The van der Waals surface area contributed by atoms with Crippen molar-refractivity contribution in [2.75, 3.05) is 11.5 Å². The van der Waals surface area contributed by atoms with Gasteiger partial charge in [-0.2, -0.15) is 17.7 Å². The van der Waals surface area contributed by atoms with E-state index in [1.54, 1.807) is 18.1 Å². The van der Waals surface area contributed by atoms with Crippen molar-refractivity contribution in [3.8, 4) is 0 Å². The zero-order valence-electron chi connectivity index (χ0n) is 9.77. The first-order valence-electron chi connectivity index (χ1n) is 5.03. The van der Waals surface area contributed by atoms with Crippen molar-refractivity contribution in [3.63, 3.8) is 0 Å². The lowest BCUT2D eigenvalue weighted by Crippen LogP contribution is -2.24. The van der Waals surface area contributed by atoms with Crippen LogP contribution in [0.3, 0.4) is 0 Å². The zero-order valence-corrected chi connectivity index (χ0v) is 11.5. The number of nitrogens with zero attached hydrogens (tertiary/aromatic N) is 3. The van der Waals surface area contributed by atoms with E-state index in [0.29, 0.717) is 11.3 Å². The molecule has 0 aliphatic heterocycles. The van der Waals surface area contributed by atoms with Gasteiger partial charge in [0.05, 0.1) is 0 Å². The summed E-state index contributed by atoms with van der Waals surface area (Å²) in [5.74, 6) is 2.54. The van der Waals surface area contributed by atoms with Crippen molar-refractivity contribution >= 4 is 24.4 Å². The van der Waals surface area contributed by atoms with Gasteiger partial charge in [0.25, 0.3) is 0 Å². The van der Waals surface area contributed by atoms with Gasteiger partial charge in [-0.15, -0.1) is 0 Å². The van der Waals surface area contributed by atoms with Crippen LogP contribution < -0.4 is 0 Å². The van der Waals surface area contributed by atoms with Crippen LogP contribution in [0.25, 0.3) is 0 Å². The van der Waals surface area contributed by atoms with Crippen LogP contribution in [-0.4, -0.2) is 26.3 Å². The molecule has 1 rings (SSSR count). The number of hydrogen-bond acceptors (Lipinski definition) is 4. The van der Waals surface area contributed by atoms with Crippen LogP contribution in [0, 0.1) is 11.3 Å². The molecule has 5 heteroatoms. The molecule has 15 heavy (non-hydrogen) atoms. The molecule has 1 atom stereocenters. The molecule has 0 aromatic carbocycles. The number of thioether (sulfide) groups is 1. The highest BCUT2D eigenvalue weighted by atomic mass is 32.2. The number of rotatable bonds is 4. The Balaban J connectivity index is 2.52. The molecular weight excluding hydrogens is 226 g/mol. The Morgan fingerprint density at radius 2 is 2.20 bits per heavy atom. The van der Waals surface area contributed by atoms with E-state index < -0.39 is 0 Å². The lowest BCUT2D eigenvalue weighted by Gasteiger charge is -2.28. The lowest BCUT2D eigenvalue weighted by atomic mass is 9.83. The molecule has 1 heterocycles. The van der Waals surface area contributed by atoms with Gasteiger partial charge in [-0.25, -0.2) is 9.67 Å². The SMILES string of the molecule is Cn1ncnc1SCC(CS)C(C)(C)C. The van der Waals surface area contributed by atoms with E-state index in [1.807, 2.05) is 11.7 Å². The molecule has 0 bridgehead atoms. The maximum atomic E-state index is 4.41. The van der Waals surface area contributed by atoms with E-state index in [1.165, 1.54) is 0 Å². The van der Waals surface area contributed by atoms with E-state index in [4.69, 9.17) is 0 Å². The fourth-order valence-electron chi connectivity index (χ4n) is 1.17. The third kappa shape index (κ3) is 3.72. The average molecular weight is 245 g/mol. The van der Waals surface area contributed by atoms with Gasteiger partial charge < -0.3 is 0 Å². The Morgan fingerprint density at radius 3 is 2.60 bits per heavy atom. The molecule has 0 aliphatic rings. The average Bonchev–Trinajstić information content (AvgIpc) is 2.50. The highest BCUT2D eigenvalue weighted by molar-refractivity contribution is 7.99. The molecule has 0 saturated carbocycles. The standard InChI is InChI=1S/C10H19N3S2/c1-10(2,3)8(5-14)6-15-9-11-7-12-13(9)4/h7-8,14H,5-6H2,1-4H3. The number of aromatic nitrogens is 3. The molecule has 0 saturated heterocycles. The third-order valence-corrected chi connectivity index (χ3v) is 4.17. The van der Waals surface area contributed by atoms with E-state index in [0.717, 1.165) is 16.7 Å². The van der Waals surface area contributed by atoms with E-state index in [2.05, 4.69) is 43.5 Å². The summed E-state index contributed by atoms with van der Waals surface area (Å²) in [5.41, 5.74) is 0.299. The Bertz CT molecular complexity index is 304. The summed E-state index contributed by atoms with van der Waals surface area (Å²) < 4.78 is 1.81. The van der Waals surface area contributed by atoms with Gasteiger partial charge in [0.15, 0.2) is 5.16 Å². The fraction of sp³-hybridized carbons (Fsp3) is 0.800. The second-order valence-corrected chi connectivity index (χ2v) is 6.08. The van der Waals surface area contributed by atoms with Crippen molar-refractivity contribution in [3.05, 3.63) is 6.33 Å². The largest absolute Gasteiger partial charge is 0.244 e. The van der Waals surface area contributed by atoms with Gasteiger partial charge in [-0.05, 0) is 17.1 Å². The minimum Gasteiger partial charge on any atom is -0.244 e. The van der Waals surface area contributed by atoms with Crippen LogP contribution in [0.15, 0.2) is 11.5 Å². The Kier molecular flexibility index (Phi) is 4.52. The maximum absolute atomic E-state index is 4.41. The highest BCUT2D eigenvalue weighted by Crippen LogP contribution is 2.31. The summed E-state index contributed by atoms with van der Waals surface area (Å²) in [7, 11) is 1.92. The quantitative estimate of drug-likeness (QED) is 0.653. The number of aryl methyl sites for hydroxylation is 1. The van der Waals surface area contributed by atoms with Gasteiger partial charge >= 0.3 is 0 Å². The van der Waals surface area contributed by atoms with Crippen molar-refractivity contribution in [1.82, 2.24) is 14.8 Å². The summed E-state index contributed by atoms with van der Waals surface area (Å²) in [6.07, 6.45) is 1.59. The van der Waals surface area contributed by atoms with Gasteiger partial charge in [0.2, 0.25) is 0 Å². The molecule has 86 valence electrons. The predicted octanol–water partition coefficient (Wildman–Crippen LogP) is 2.50. The first-order valence-corrected chi connectivity index (χ1v) is 6.64. The predicted molar refractivity (Wildman–Crippen MR) is 68.5 cm³/mol. The topological polar surface area (TPSA) is 30.7 Å². The van der Waals surface area contributed by atoms with Gasteiger partial charge in [0, 0.05) is 12.8 Å². The zero-order chi connectivity index (χ0) is 11.5. The van der Waals surface area contributed by atoms with E-state index in [-0.39, 0.29) is 0 Å². The summed E-state index contributed by atoms with van der Waals surface area (Å²) in [6, 6.07) is 0. The van der Waals surface area contributed by atoms with Gasteiger partial charge in [-0.1, -0.05) is 32.5 Å². The van der Waals surface area contributed by atoms with Crippen LogP contribution >= 0.6 is 24.4 Å². The molecule has 0 N–H and O–H groups in total. The van der Waals surface area contributed by atoms with Crippen molar-refractivity contribution in [2.24, 2.45) is 18.4 Å². The van der Waals surface area contributed by atoms with E-state index >= 15 is 0 Å². The molecule has 0 amide bonds. The maximum Gasteiger partial charge on any atom is 0.185 e. The molecule has 1 unspecified atom stereocenters. The fourth-order valence-corrected chi connectivity index (χ4v) is 3.34. The minimum atomic E-state index is 0.299. The van der Waals surface area contributed by atoms with Crippen molar-refractivity contribution in [2.45, 2.75) is 25.9 Å². The molecule has 0 spiro atoms. The smallest absolute Gasteiger partial charge is 0.185 e. The molecule has 3 nitrogen and oxygen atoms in total. The monoisotopic (exact) mass is 245 g/mol. The van der Waals surface area contributed by atoms with E-state index in [9.17, 15) is 0 Å². The third-order valence-electron chi connectivity index (χ3n) is 2.53. The molecule has 1 aromatic heterocycles. The Labute approximate surface area is 101 Å². The van der Waals surface area contributed by atoms with Crippen LogP contribution in [0.1, 0.15) is 20.8 Å². The summed E-state index contributed by atoms with van der Waals surface area (Å²) in [6.45, 7) is 6.77. The normalized spacial score (nSPS) is 14.2. The first-order chi connectivity index (χ1) is 6.95. The number of thiol groups is 1. The van der Waals surface area contributed by atoms with Gasteiger partial charge in [0.1, 0.15) is 6.33 Å². The molecule has 0 fully saturated rings.